The lowest BCUT2D eigenvalue weighted by Crippen LogP contribution is -2.44. The van der Waals surface area contributed by atoms with Crippen LogP contribution >= 0.6 is 11.8 Å². The molecule has 4 rings (SSSR count). The van der Waals surface area contributed by atoms with Crippen molar-refractivity contribution in [3.8, 4) is 0 Å². The van der Waals surface area contributed by atoms with Gasteiger partial charge in [-0.1, -0.05) is 0 Å². The first-order valence-corrected chi connectivity index (χ1v) is 13.2. The van der Waals surface area contributed by atoms with Crippen LogP contribution in [0.4, 0.5) is 5.69 Å². The maximum Gasteiger partial charge on any atom is 0.258 e. The first kappa shape index (κ1) is 21.6. The SMILES string of the molecule is CS(=O)(=O)N1CCCC(Nc2ccc3c(=O)[nH]c(CSC4CCOCC4)nc3c2)C1. The van der Waals surface area contributed by atoms with E-state index in [0.717, 1.165) is 44.6 Å². The van der Waals surface area contributed by atoms with Gasteiger partial charge in [-0.3, -0.25) is 4.79 Å². The fourth-order valence-corrected chi connectivity index (χ4v) is 5.95. The van der Waals surface area contributed by atoms with Crippen LogP contribution in [0, 0.1) is 0 Å². The van der Waals surface area contributed by atoms with Crippen molar-refractivity contribution < 1.29 is 13.2 Å². The molecule has 1 aromatic carbocycles. The maximum atomic E-state index is 12.5. The number of anilines is 1. The Kier molecular flexibility index (Phi) is 6.66. The topological polar surface area (TPSA) is 104 Å². The van der Waals surface area contributed by atoms with E-state index in [2.05, 4.69) is 15.3 Å². The van der Waals surface area contributed by atoms with E-state index in [1.165, 1.54) is 10.6 Å². The minimum atomic E-state index is -3.19. The molecule has 1 aromatic heterocycles. The zero-order valence-corrected chi connectivity index (χ0v) is 18.7. The second kappa shape index (κ2) is 9.25. The predicted octanol–water partition coefficient (Wildman–Crippen LogP) is 2.17. The van der Waals surface area contributed by atoms with Crippen molar-refractivity contribution in [2.45, 2.75) is 42.7 Å². The van der Waals surface area contributed by atoms with Gasteiger partial charge in [0.15, 0.2) is 0 Å². The number of rotatable bonds is 6. The third kappa shape index (κ3) is 5.35. The summed E-state index contributed by atoms with van der Waals surface area (Å²) < 4.78 is 30.6. The molecule has 0 bridgehead atoms. The summed E-state index contributed by atoms with van der Waals surface area (Å²) in [6, 6.07) is 5.55. The average Bonchev–Trinajstić information content (AvgIpc) is 2.72. The van der Waals surface area contributed by atoms with Gasteiger partial charge in [0.05, 0.1) is 22.9 Å². The standard InChI is InChI=1S/C20H28N4O4S2/c1-30(26,27)24-8-2-3-15(12-24)21-14-4-5-17-18(11-14)22-19(23-20(17)25)13-29-16-6-9-28-10-7-16/h4-5,11,15-16,21H,2-3,6-10,12-13H2,1H3,(H,22,23,25). The van der Waals surface area contributed by atoms with Crippen LogP contribution in [0.15, 0.2) is 23.0 Å². The van der Waals surface area contributed by atoms with E-state index >= 15 is 0 Å². The number of nitrogens with zero attached hydrogens (tertiary/aromatic N) is 2. The summed E-state index contributed by atoms with van der Waals surface area (Å²) in [6.45, 7) is 2.62. The normalized spacial score (nSPS) is 21.7. The van der Waals surface area contributed by atoms with Crippen molar-refractivity contribution in [3.05, 3.63) is 34.4 Å². The Morgan fingerprint density at radius 2 is 2.10 bits per heavy atom. The van der Waals surface area contributed by atoms with Gasteiger partial charge >= 0.3 is 0 Å². The second-order valence-corrected chi connectivity index (χ2v) is 11.2. The molecule has 0 radical (unpaired) electrons. The van der Waals surface area contributed by atoms with Crippen LogP contribution in [0.2, 0.25) is 0 Å². The molecule has 1 atom stereocenters. The highest BCUT2D eigenvalue weighted by atomic mass is 32.2. The van der Waals surface area contributed by atoms with E-state index in [-0.39, 0.29) is 11.6 Å². The van der Waals surface area contributed by atoms with Crippen LogP contribution in [-0.4, -0.2) is 66.5 Å². The zero-order valence-electron chi connectivity index (χ0n) is 17.1. The van der Waals surface area contributed by atoms with Crippen LogP contribution in [0.25, 0.3) is 10.9 Å². The molecular formula is C20H28N4O4S2. The van der Waals surface area contributed by atoms with E-state index < -0.39 is 10.0 Å². The summed E-state index contributed by atoms with van der Waals surface area (Å²) in [7, 11) is -3.19. The number of sulfonamides is 1. The Morgan fingerprint density at radius 1 is 1.30 bits per heavy atom. The van der Waals surface area contributed by atoms with Crippen molar-refractivity contribution in [2.24, 2.45) is 0 Å². The number of benzene rings is 1. The molecule has 2 aromatic rings. The second-order valence-electron chi connectivity index (χ2n) is 7.97. The highest BCUT2D eigenvalue weighted by molar-refractivity contribution is 7.99. The van der Waals surface area contributed by atoms with Gasteiger partial charge in [-0.15, -0.1) is 0 Å². The molecule has 2 aliphatic heterocycles. The number of piperidine rings is 1. The molecule has 1 unspecified atom stereocenters. The number of ether oxygens (including phenoxy) is 1. The number of thioether (sulfide) groups is 1. The van der Waals surface area contributed by atoms with E-state index in [1.807, 2.05) is 23.9 Å². The van der Waals surface area contributed by atoms with Gasteiger partial charge < -0.3 is 15.0 Å². The molecule has 2 saturated heterocycles. The lowest BCUT2D eigenvalue weighted by molar-refractivity contribution is 0.1000. The van der Waals surface area contributed by atoms with Crippen molar-refractivity contribution in [1.29, 1.82) is 0 Å². The van der Waals surface area contributed by atoms with E-state index in [4.69, 9.17) is 4.74 Å². The van der Waals surface area contributed by atoms with Gasteiger partial charge in [-0.05, 0) is 43.9 Å². The Bertz CT molecular complexity index is 1050. The van der Waals surface area contributed by atoms with Crippen molar-refractivity contribution >= 4 is 38.4 Å². The molecule has 164 valence electrons. The number of fused-ring (bicyclic) bond motifs is 1. The molecule has 2 N–H and O–H groups in total. The number of aromatic nitrogens is 2. The number of nitrogens with one attached hydrogen (secondary N) is 2. The number of hydrogen-bond donors (Lipinski definition) is 2. The lowest BCUT2D eigenvalue weighted by Gasteiger charge is -2.32. The molecule has 0 saturated carbocycles. The molecule has 10 heteroatoms. The molecule has 2 aliphatic rings. The first-order valence-electron chi connectivity index (χ1n) is 10.3. The fourth-order valence-electron chi connectivity index (χ4n) is 3.98. The van der Waals surface area contributed by atoms with Crippen molar-refractivity contribution in [2.75, 3.05) is 37.9 Å². The van der Waals surface area contributed by atoms with Gasteiger partial charge in [0.2, 0.25) is 10.0 Å². The molecule has 0 aliphatic carbocycles. The maximum absolute atomic E-state index is 12.5. The minimum absolute atomic E-state index is 0.0384. The first-order chi connectivity index (χ1) is 14.4. The molecule has 0 amide bonds. The Morgan fingerprint density at radius 3 is 2.87 bits per heavy atom. The lowest BCUT2D eigenvalue weighted by atomic mass is 10.1. The summed E-state index contributed by atoms with van der Waals surface area (Å²) in [5.74, 6) is 1.35. The number of hydrogen-bond acceptors (Lipinski definition) is 7. The van der Waals surface area contributed by atoms with E-state index in [1.54, 1.807) is 6.07 Å². The number of H-pyrrole nitrogens is 1. The number of aromatic amines is 1. The Labute approximate surface area is 180 Å². The highest BCUT2D eigenvalue weighted by Crippen LogP contribution is 2.25. The summed E-state index contributed by atoms with van der Waals surface area (Å²) in [6.07, 6.45) is 5.04. The van der Waals surface area contributed by atoms with Crippen molar-refractivity contribution in [1.82, 2.24) is 14.3 Å². The van der Waals surface area contributed by atoms with Gasteiger partial charge in [-0.2, -0.15) is 11.8 Å². The largest absolute Gasteiger partial charge is 0.381 e. The Hall–Kier alpha value is -1.62. The molecular weight excluding hydrogens is 424 g/mol. The van der Waals surface area contributed by atoms with Crippen LogP contribution in [-0.2, 0) is 20.5 Å². The van der Waals surface area contributed by atoms with Crippen LogP contribution in [0.3, 0.4) is 0 Å². The highest BCUT2D eigenvalue weighted by Gasteiger charge is 2.25. The van der Waals surface area contributed by atoms with Gasteiger partial charge in [0.1, 0.15) is 5.82 Å². The third-order valence-electron chi connectivity index (χ3n) is 5.60. The summed E-state index contributed by atoms with van der Waals surface area (Å²) in [4.78, 5) is 20.1. The van der Waals surface area contributed by atoms with Crippen LogP contribution < -0.4 is 10.9 Å². The molecule has 3 heterocycles. The monoisotopic (exact) mass is 452 g/mol. The minimum Gasteiger partial charge on any atom is -0.381 e. The molecule has 2 fully saturated rings. The van der Waals surface area contributed by atoms with Crippen molar-refractivity contribution in [3.63, 3.8) is 0 Å². The molecule has 8 nitrogen and oxygen atoms in total. The molecule has 30 heavy (non-hydrogen) atoms. The van der Waals surface area contributed by atoms with E-state index in [9.17, 15) is 13.2 Å². The zero-order chi connectivity index (χ0) is 21.1. The summed E-state index contributed by atoms with van der Waals surface area (Å²) in [5.41, 5.74) is 1.38. The van der Waals surface area contributed by atoms with E-state index in [0.29, 0.717) is 40.8 Å². The van der Waals surface area contributed by atoms with Crippen LogP contribution in [0.1, 0.15) is 31.5 Å². The predicted molar refractivity (Wildman–Crippen MR) is 121 cm³/mol. The average molecular weight is 453 g/mol. The fraction of sp³-hybridized carbons (Fsp3) is 0.600. The Balaban J connectivity index is 1.47. The van der Waals surface area contributed by atoms with Gasteiger partial charge in [0, 0.05) is 43.3 Å². The van der Waals surface area contributed by atoms with Crippen LogP contribution in [0.5, 0.6) is 0 Å². The third-order valence-corrected chi connectivity index (χ3v) is 8.26. The molecule has 0 spiro atoms. The smallest absolute Gasteiger partial charge is 0.258 e. The quantitative estimate of drug-likeness (QED) is 0.692. The summed E-state index contributed by atoms with van der Waals surface area (Å²) >= 11 is 1.81. The summed E-state index contributed by atoms with van der Waals surface area (Å²) in [5, 5.41) is 4.52. The van der Waals surface area contributed by atoms with Gasteiger partial charge in [-0.25, -0.2) is 17.7 Å². The van der Waals surface area contributed by atoms with Gasteiger partial charge in [0.25, 0.3) is 5.56 Å².